The van der Waals surface area contributed by atoms with Gasteiger partial charge in [0.15, 0.2) is 0 Å². The van der Waals surface area contributed by atoms with E-state index in [1.54, 1.807) is 11.3 Å². The van der Waals surface area contributed by atoms with Crippen LogP contribution in [0.2, 0.25) is 0 Å². The second kappa shape index (κ2) is 7.92. The molecule has 1 aromatic heterocycles. The number of aryl methyl sites for hydroxylation is 1. The Labute approximate surface area is 121 Å². The highest BCUT2D eigenvalue weighted by Crippen LogP contribution is 2.20. The summed E-state index contributed by atoms with van der Waals surface area (Å²) < 4.78 is 1.06. The molecule has 0 fully saturated rings. The topological polar surface area (TPSA) is 49.3 Å². The summed E-state index contributed by atoms with van der Waals surface area (Å²) in [5.74, 6) is 0.223. The van der Waals surface area contributed by atoms with Gasteiger partial charge in [0.05, 0.1) is 6.10 Å². The molecule has 1 heterocycles. The summed E-state index contributed by atoms with van der Waals surface area (Å²) in [7, 11) is 0. The van der Waals surface area contributed by atoms with E-state index in [-0.39, 0.29) is 11.8 Å². The van der Waals surface area contributed by atoms with Crippen molar-refractivity contribution in [1.29, 1.82) is 0 Å². The third kappa shape index (κ3) is 5.50. The molecule has 0 saturated heterocycles. The Bertz CT molecular complexity index is 381. The van der Waals surface area contributed by atoms with Crippen molar-refractivity contribution >= 4 is 33.2 Å². The van der Waals surface area contributed by atoms with Crippen LogP contribution in [0.25, 0.3) is 0 Å². The number of aliphatic hydroxyl groups excluding tert-OH is 1. The first-order chi connectivity index (χ1) is 8.52. The monoisotopic (exact) mass is 333 g/mol. The number of halogens is 1. The summed E-state index contributed by atoms with van der Waals surface area (Å²) in [6.45, 7) is 4.37. The average Bonchev–Trinajstić information content (AvgIpc) is 2.78. The van der Waals surface area contributed by atoms with Crippen LogP contribution in [-0.2, 0) is 11.2 Å². The molecule has 2 atom stereocenters. The molecule has 1 rings (SSSR count). The Morgan fingerprint density at radius 2 is 2.33 bits per heavy atom. The van der Waals surface area contributed by atoms with E-state index in [9.17, 15) is 9.90 Å². The van der Waals surface area contributed by atoms with Crippen molar-refractivity contribution in [2.75, 3.05) is 6.54 Å². The van der Waals surface area contributed by atoms with Crippen LogP contribution in [0.4, 0.5) is 0 Å². The lowest BCUT2D eigenvalue weighted by Gasteiger charge is -2.17. The van der Waals surface area contributed by atoms with Crippen LogP contribution in [0.15, 0.2) is 15.9 Å². The van der Waals surface area contributed by atoms with Crippen molar-refractivity contribution in [3.8, 4) is 0 Å². The molecule has 5 heteroatoms. The summed E-state index contributed by atoms with van der Waals surface area (Å²) in [4.78, 5) is 12.8. The van der Waals surface area contributed by atoms with Crippen molar-refractivity contribution in [3.05, 3.63) is 20.8 Å². The smallest absolute Gasteiger partial charge is 0.220 e. The first-order valence-electron chi connectivity index (χ1n) is 6.20. The highest BCUT2D eigenvalue weighted by atomic mass is 79.9. The largest absolute Gasteiger partial charge is 0.391 e. The Balaban J connectivity index is 2.22. The molecule has 0 aliphatic heterocycles. The minimum atomic E-state index is -0.449. The summed E-state index contributed by atoms with van der Waals surface area (Å²) >= 11 is 5.04. The molecule has 1 amide bonds. The van der Waals surface area contributed by atoms with Gasteiger partial charge in [0.1, 0.15) is 0 Å². The molecule has 1 aromatic rings. The number of carbonyl (C=O) groups excluding carboxylic acids is 1. The van der Waals surface area contributed by atoms with E-state index in [1.165, 1.54) is 4.88 Å². The van der Waals surface area contributed by atoms with Gasteiger partial charge in [0, 0.05) is 27.7 Å². The van der Waals surface area contributed by atoms with Gasteiger partial charge in [0.2, 0.25) is 5.91 Å². The molecule has 0 aromatic carbocycles. The summed E-state index contributed by atoms with van der Waals surface area (Å²) in [6, 6.07) is 2.03. The quantitative estimate of drug-likeness (QED) is 0.805. The molecule has 0 bridgehead atoms. The highest BCUT2D eigenvalue weighted by Gasteiger charge is 2.13. The molecule has 18 heavy (non-hydrogen) atoms. The van der Waals surface area contributed by atoms with Crippen LogP contribution in [0, 0.1) is 5.92 Å². The Hall–Kier alpha value is -0.390. The predicted octanol–water partition coefficient (Wildman–Crippen LogP) is 2.97. The van der Waals surface area contributed by atoms with Crippen LogP contribution in [-0.4, -0.2) is 23.7 Å². The summed E-state index contributed by atoms with van der Waals surface area (Å²) in [5, 5.41) is 14.5. The van der Waals surface area contributed by atoms with Crippen LogP contribution >= 0.6 is 27.3 Å². The highest BCUT2D eigenvalue weighted by molar-refractivity contribution is 9.10. The lowest BCUT2D eigenvalue weighted by atomic mass is 10.0. The maximum Gasteiger partial charge on any atom is 0.220 e. The van der Waals surface area contributed by atoms with E-state index < -0.39 is 6.10 Å². The first kappa shape index (κ1) is 15.7. The predicted molar refractivity (Wildman–Crippen MR) is 78.8 cm³/mol. The van der Waals surface area contributed by atoms with Crippen LogP contribution in [0.3, 0.4) is 0 Å². The minimum Gasteiger partial charge on any atom is -0.391 e. The third-order valence-electron chi connectivity index (χ3n) is 3.03. The maximum absolute atomic E-state index is 11.6. The molecule has 2 N–H and O–H groups in total. The van der Waals surface area contributed by atoms with E-state index in [4.69, 9.17) is 0 Å². The Kier molecular flexibility index (Phi) is 6.89. The van der Waals surface area contributed by atoms with E-state index >= 15 is 0 Å². The number of rotatable bonds is 7. The number of carbonyl (C=O) groups is 1. The number of hydrogen-bond donors (Lipinski definition) is 2. The van der Waals surface area contributed by atoms with E-state index in [0.717, 1.165) is 17.3 Å². The Morgan fingerprint density at radius 1 is 1.61 bits per heavy atom. The maximum atomic E-state index is 11.6. The number of aliphatic hydroxyl groups is 1. The number of amides is 1. The molecule has 0 spiro atoms. The van der Waals surface area contributed by atoms with E-state index in [2.05, 4.69) is 21.2 Å². The second-order valence-corrected chi connectivity index (χ2v) is 6.40. The van der Waals surface area contributed by atoms with Gasteiger partial charge in [-0.15, -0.1) is 11.3 Å². The van der Waals surface area contributed by atoms with Crippen molar-refractivity contribution in [3.63, 3.8) is 0 Å². The summed E-state index contributed by atoms with van der Waals surface area (Å²) in [6.07, 6.45) is 1.69. The fourth-order valence-corrected chi connectivity index (χ4v) is 2.96. The van der Waals surface area contributed by atoms with Gasteiger partial charge in [-0.2, -0.15) is 0 Å². The standard InChI is InChI=1S/C13H20BrNO2S/c1-3-9(2)12(16)7-15-13(17)5-4-11-6-10(14)8-18-11/h6,8-9,12,16H,3-5,7H2,1-2H3,(H,15,17). The van der Waals surface area contributed by atoms with Crippen molar-refractivity contribution < 1.29 is 9.90 Å². The van der Waals surface area contributed by atoms with Gasteiger partial charge in [-0.3, -0.25) is 4.79 Å². The SMILES string of the molecule is CCC(C)C(O)CNC(=O)CCc1cc(Br)cs1. The molecular weight excluding hydrogens is 314 g/mol. The second-order valence-electron chi connectivity index (χ2n) is 4.49. The zero-order chi connectivity index (χ0) is 13.5. The average molecular weight is 334 g/mol. The molecule has 102 valence electrons. The number of nitrogens with one attached hydrogen (secondary N) is 1. The van der Waals surface area contributed by atoms with Crippen molar-refractivity contribution in [2.45, 2.75) is 39.2 Å². The van der Waals surface area contributed by atoms with Crippen LogP contribution < -0.4 is 5.32 Å². The van der Waals surface area contributed by atoms with Crippen LogP contribution in [0.5, 0.6) is 0 Å². The summed E-state index contributed by atoms with van der Waals surface area (Å²) in [5.41, 5.74) is 0. The van der Waals surface area contributed by atoms with Gasteiger partial charge in [-0.25, -0.2) is 0 Å². The van der Waals surface area contributed by atoms with E-state index in [1.807, 2.05) is 25.3 Å². The molecule has 0 saturated carbocycles. The molecule has 0 aliphatic rings. The molecule has 0 radical (unpaired) electrons. The lowest BCUT2D eigenvalue weighted by Crippen LogP contribution is -2.35. The van der Waals surface area contributed by atoms with Crippen molar-refractivity contribution in [2.24, 2.45) is 5.92 Å². The van der Waals surface area contributed by atoms with Crippen LogP contribution in [0.1, 0.15) is 31.6 Å². The van der Waals surface area contributed by atoms with Gasteiger partial charge < -0.3 is 10.4 Å². The minimum absolute atomic E-state index is 0.00174. The fraction of sp³-hybridized carbons (Fsp3) is 0.615. The zero-order valence-corrected chi connectivity index (χ0v) is 13.2. The lowest BCUT2D eigenvalue weighted by molar-refractivity contribution is -0.121. The third-order valence-corrected chi connectivity index (χ3v) is 4.79. The number of hydrogen-bond acceptors (Lipinski definition) is 3. The van der Waals surface area contributed by atoms with Gasteiger partial charge in [-0.1, -0.05) is 20.3 Å². The van der Waals surface area contributed by atoms with Gasteiger partial charge in [-0.05, 0) is 34.3 Å². The molecular formula is C13H20BrNO2S. The zero-order valence-electron chi connectivity index (χ0n) is 10.8. The molecule has 3 nitrogen and oxygen atoms in total. The van der Waals surface area contributed by atoms with Gasteiger partial charge in [0.25, 0.3) is 0 Å². The van der Waals surface area contributed by atoms with Gasteiger partial charge >= 0.3 is 0 Å². The first-order valence-corrected chi connectivity index (χ1v) is 7.87. The molecule has 2 unspecified atom stereocenters. The molecule has 0 aliphatic carbocycles. The Morgan fingerprint density at radius 3 is 2.89 bits per heavy atom. The van der Waals surface area contributed by atoms with Crippen molar-refractivity contribution in [1.82, 2.24) is 5.32 Å². The normalized spacial score (nSPS) is 14.2. The van der Waals surface area contributed by atoms with E-state index in [0.29, 0.717) is 13.0 Å². The number of thiophene rings is 1. The fourth-order valence-electron chi connectivity index (χ4n) is 1.50.